The summed E-state index contributed by atoms with van der Waals surface area (Å²) >= 11 is 5.49. The Morgan fingerprint density at radius 1 is 1.69 bits per heavy atom. The smallest absolute Gasteiger partial charge is 0.423 e. The van der Waals surface area contributed by atoms with Crippen LogP contribution in [0.5, 0.6) is 0 Å². The maximum atomic E-state index is 13.2. The number of aliphatic imine (C=N–C) groups is 1. The fraction of sp³-hybridized carbons (Fsp3) is 0.222. The fourth-order valence-corrected chi connectivity index (χ4v) is 1.62. The maximum absolute atomic E-state index is 13.2. The van der Waals surface area contributed by atoms with Crippen molar-refractivity contribution in [2.45, 2.75) is 6.61 Å². The Bertz CT molecular complexity index is 455. The Kier molecular flexibility index (Phi) is 3.14. The lowest BCUT2D eigenvalue weighted by Crippen LogP contribution is -2.28. The van der Waals surface area contributed by atoms with Crippen LogP contribution in [0.3, 0.4) is 0 Å². The number of amidine groups is 1. The van der Waals surface area contributed by atoms with Crippen molar-refractivity contribution in [3.63, 3.8) is 0 Å². The zero-order valence-corrected chi connectivity index (χ0v) is 9.04. The van der Waals surface area contributed by atoms with E-state index >= 15 is 0 Å². The molecule has 4 nitrogen and oxygen atoms in total. The van der Waals surface area contributed by atoms with Crippen LogP contribution in [-0.4, -0.2) is 23.9 Å². The lowest BCUT2D eigenvalue weighted by Gasteiger charge is -2.04. The van der Waals surface area contributed by atoms with Gasteiger partial charge in [0, 0.05) is 5.56 Å². The standard InChI is InChI=1S/C9H9BClFN2O2/c11-3-9(13)14-8-2-5(12)1-7-6(8)4-16-10(7)15/h1-2,15H,3-4H2,(H2,13,14). The van der Waals surface area contributed by atoms with E-state index in [1.165, 1.54) is 12.1 Å². The van der Waals surface area contributed by atoms with Gasteiger partial charge in [0.2, 0.25) is 0 Å². The highest BCUT2D eigenvalue weighted by Crippen LogP contribution is 2.24. The van der Waals surface area contributed by atoms with Crippen LogP contribution < -0.4 is 11.2 Å². The summed E-state index contributed by atoms with van der Waals surface area (Å²) in [5.74, 6) is -0.241. The van der Waals surface area contributed by atoms with Crippen LogP contribution in [0.15, 0.2) is 17.1 Å². The van der Waals surface area contributed by atoms with Gasteiger partial charge in [0.05, 0.1) is 18.2 Å². The van der Waals surface area contributed by atoms with Crippen molar-refractivity contribution in [2.75, 3.05) is 5.88 Å². The maximum Gasteiger partial charge on any atom is 0.491 e. The molecule has 1 aliphatic rings. The van der Waals surface area contributed by atoms with E-state index in [9.17, 15) is 9.41 Å². The quantitative estimate of drug-likeness (QED) is 0.339. The number of hydrogen-bond acceptors (Lipinski definition) is 3. The molecule has 0 fully saturated rings. The molecule has 0 aliphatic carbocycles. The van der Waals surface area contributed by atoms with Gasteiger partial charge in [-0.1, -0.05) is 0 Å². The van der Waals surface area contributed by atoms with E-state index in [0.29, 0.717) is 16.7 Å². The summed E-state index contributed by atoms with van der Waals surface area (Å²) in [6, 6.07) is 2.46. The lowest BCUT2D eigenvalue weighted by molar-refractivity contribution is 0.275. The van der Waals surface area contributed by atoms with Gasteiger partial charge in [0.1, 0.15) is 11.7 Å². The van der Waals surface area contributed by atoms with Crippen molar-refractivity contribution in [3.05, 3.63) is 23.5 Å². The van der Waals surface area contributed by atoms with Gasteiger partial charge in [0.15, 0.2) is 0 Å². The first-order chi connectivity index (χ1) is 7.61. The molecule has 3 N–H and O–H groups in total. The number of rotatable bonds is 2. The minimum absolute atomic E-state index is 0.0642. The molecular weight excluding hydrogens is 233 g/mol. The van der Waals surface area contributed by atoms with E-state index < -0.39 is 12.9 Å². The van der Waals surface area contributed by atoms with E-state index in [0.717, 1.165) is 0 Å². The Balaban J connectivity index is 2.51. The second kappa shape index (κ2) is 4.41. The first kappa shape index (κ1) is 11.4. The highest BCUT2D eigenvalue weighted by Gasteiger charge is 2.30. The molecule has 0 amide bonds. The molecule has 0 saturated carbocycles. The molecule has 1 aliphatic heterocycles. The molecule has 0 atom stereocenters. The summed E-state index contributed by atoms with van der Waals surface area (Å²) in [5.41, 5.74) is 6.86. The summed E-state index contributed by atoms with van der Waals surface area (Å²) < 4.78 is 18.2. The van der Waals surface area contributed by atoms with Crippen molar-refractivity contribution in [3.8, 4) is 0 Å². The van der Waals surface area contributed by atoms with Crippen LogP contribution in [0.25, 0.3) is 0 Å². The zero-order valence-electron chi connectivity index (χ0n) is 8.28. The molecule has 7 heteroatoms. The number of nitrogens with zero attached hydrogens (tertiary/aromatic N) is 1. The topological polar surface area (TPSA) is 67.8 Å². The number of halogens is 2. The van der Waals surface area contributed by atoms with E-state index in [1.54, 1.807) is 0 Å². The molecule has 0 spiro atoms. The molecule has 0 bridgehead atoms. The number of alkyl halides is 1. The molecular formula is C9H9BClFN2O2. The molecule has 0 aromatic heterocycles. The molecule has 84 valence electrons. The van der Waals surface area contributed by atoms with Crippen LogP contribution in [0.1, 0.15) is 5.56 Å². The summed E-state index contributed by atoms with van der Waals surface area (Å²) in [6.07, 6.45) is 0. The molecule has 0 saturated heterocycles. The summed E-state index contributed by atoms with van der Waals surface area (Å²) in [5, 5.41) is 9.43. The van der Waals surface area contributed by atoms with Crippen molar-refractivity contribution >= 4 is 35.7 Å². The van der Waals surface area contributed by atoms with Crippen LogP contribution >= 0.6 is 11.6 Å². The number of benzene rings is 1. The Morgan fingerprint density at radius 2 is 2.44 bits per heavy atom. The summed E-state index contributed by atoms with van der Waals surface area (Å²) in [7, 11) is -1.10. The number of nitrogens with two attached hydrogens (primary N) is 1. The average molecular weight is 242 g/mol. The van der Waals surface area contributed by atoms with Crippen LogP contribution in [0.4, 0.5) is 10.1 Å². The number of fused-ring (bicyclic) bond motifs is 1. The van der Waals surface area contributed by atoms with Gasteiger partial charge >= 0.3 is 7.12 Å². The molecule has 2 rings (SSSR count). The van der Waals surface area contributed by atoms with Crippen molar-refractivity contribution in [1.82, 2.24) is 0 Å². The second-order valence-electron chi connectivity index (χ2n) is 3.39. The third-order valence-corrected chi connectivity index (χ3v) is 2.55. The van der Waals surface area contributed by atoms with E-state index in [-0.39, 0.29) is 18.3 Å². The highest BCUT2D eigenvalue weighted by atomic mass is 35.5. The zero-order chi connectivity index (χ0) is 11.7. The third kappa shape index (κ3) is 2.04. The molecule has 0 radical (unpaired) electrons. The predicted molar refractivity (Wildman–Crippen MR) is 60.8 cm³/mol. The van der Waals surface area contributed by atoms with Crippen molar-refractivity contribution in [2.24, 2.45) is 10.7 Å². The largest absolute Gasteiger partial charge is 0.491 e. The normalized spacial score (nSPS) is 15.4. The molecule has 1 aromatic rings. The molecule has 0 unspecified atom stereocenters. The highest BCUT2D eigenvalue weighted by molar-refractivity contribution is 6.61. The average Bonchev–Trinajstić information content (AvgIpc) is 2.60. The van der Waals surface area contributed by atoms with Gasteiger partial charge in [-0.2, -0.15) is 0 Å². The minimum atomic E-state index is -1.10. The Hall–Kier alpha value is -1.11. The lowest BCUT2D eigenvalue weighted by atomic mass is 9.79. The van der Waals surface area contributed by atoms with Crippen LogP contribution in [0, 0.1) is 5.82 Å². The number of hydrogen-bond donors (Lipinski definition) is 2. The fourth-order valence-electron chi connectivity index (χ4n) is 1.56. The summed E-state index contributed by atoms with van der Waals surface area (Å²) in [6.45, 7) is 0.186. The minimum Gasteiger partial charge on any atom is -0.423 e. The summed E-state index contributed by atoms with van der Waals surface area (Å²) in [4.78, 5) is 3.98. The monoisotopic (exact) mass is 242 g/mol. The first-order valence-electron chi connectivity index (χ1n) is 4.63. The Labute approximate surface area is 97.0 Å². The van der Waals surface area contributed by atoms with Gasteiger partial charge in [-0.3, -0.25) is 0 Å². The molecule has 1 aromatic carbocycles. The van der Waals surface area contributed by atoms with Gasteiger partial charge in [-0.15, -0.1) is 11.6 Å². The van der Waals surface area contributed by atoms with Gasteiger partial charge < -0.3 is 15.4 Å². The van der Waals surface area contributed by atoms with E-state index in [2.05, 4.69) is 4.99 Å². The van der Waals surface area contributed by atoms with Crippen molar-refractivity contribution in [1.29, 1.82) is 0 Å². The SMILES string of the molecule is NC(CCl)=Nc1cc(F)cc2c1COB2O. The van der Waals surface area contributed by atoms with E-state index in [4.69, 9.17) is 22.0 Å². The molecule has 16 heavy (non-hydrogen) atoms. The molecule has 1 heterocycles. The van der Waals surface area contributed by atoms with Crippen molar-refractivity contribution < 1.29 is 14.1 Å². The Morgan fingerprint density at radius 3 is 3.12 bits per heavy atom. The second-order valence-corrected chi connectivity index (χ2v) is 3.66. The first-order valence-corrected chi connectivity index (χ1v) is 5.16. The van der Waals surface area contributed by atoms with Gasteiger partial charge in [0.25, 0.3) is 0 Å². The van der Waals surface area contributed by atoms with Gasteiger partial charge in [-0.05, 0) is 17.6 Å². The van der Waals surface area contributed by atoms with Gasteiger partial charge in [-0.25, -0.2) is 9.38 Å². The predicted octanol–water partition coefficient (Wildman–Crippen LogP) is 0.271. The van der Waals surface area contributed by atoms with Crippen LogP contribution in [-0.2, 0) is 11.3 Å². The van der Waals surface area contributed by atoms with E-state index in [1.807, 2.05) is 0 Å². The third-order valence-electron chi connectivity index (χ3n) is 2.28. The van der Waals surface area contributed by atoms with Crippen LogP contribution in [0.2, 0.25) is 0 Å².